The van der Waals surface area contributed by atoms with Gasteiger partial charge in [0.05, 0.1) is 13.7 Å². The molecule has 0 bridgehead atoms. The summed E-state index contributed by atoms with van der Waals surface area (Å²) < 4.78 is 10.2. The van der Waals surface area contributed by atoms with E-state index in [-0.39, 0.29) is 31.4 Å². The van der Waals surface area contributed by atoms with Gasteiger partial charge < -0.3 is 41.2 Å². The summed E-state index contributed by atoms with van der Waals surface area (Å²) in [5, 5.41) is 22.8. The van der Waals surface area contributed by atoms with E-state index in [1.165, 1.54) is 19.2 Å². The topological polar surface area (TPSA) is 201 Å². The minimum Gasteiger partial charge on any atom is -0.508 e. The van der Waals surface area contributed by atoms with Crippen LogP contribution < -0.4 is 26.6 Å². The van der Waals surface area contributed by atoms with Gasteiger partial charge in [-0.1, -0.05) is 55.3 Å². The molecule has 0 unspecified atom stereocenters. The normalized spacial score (nSPS) is 20.1. The van der Waals surface area contributed by atoms with Crippen molar-refractivity contribution in [3.05, 3.63) is 65.7 Å². The van der Waals surface area contributed by atoms with Gasteiger partial charge in [0.2, 0.25) is 23.6 Å². The van der Waals surface area contributed by atoms with E-state index >= 15 is 0 Å². The van der Waals surface area contributed by atoms with Crippen LogP contribution in [0.2, 0.25) is 0 Å². The predicted octanol–water partition coefficient (Wildman–Crippen LogP) is 1.39. The predicted molar refractivity (Wildman–Crippen MR) is 174 cm³/mol. The number of alkyl carbamates (subject to hydrolysis) is 1. The smallest absolute Gasteiger partial charge is 0.408 e. The maximum absolute atomic E-state index is 13.6. The number of amides is 5. The number of hydrogen-bond acceptors (Lipinski definition) is 9. The van der Waals surface area contributed by atoms with Gasteiger partial charge in [0.1, 0.15) is 35.5 Å². The highest BCUT2D eigenvalue weighted by Crippen LogP contribution is 2.14. The van der Waals surface area contributed by atoms with Gasteiger partial charge in [0.15, 0.2) is 0 Å². The minimum absolute atomic E-state index is 0.0193. The molecular weight excluding hydrogens is 622 g/mol. The molecule has 4 atom stereocenters. The molecule has 14 heteroatoms. The Morgan fingerprint density at radius 2 is 1.58 bits per heavy atom. The average molecular weight is 668 g/mol. The lowest BCUT2D eigenvalue weighted by Gasteiger charge is -2.26. The van der Waals surface area contributed by atoms with Crippen LogP contribution in [0.5, 0.6) is 5.75 Å². The molecule has 2 aromatic rings. The first kappa shape index (κ1) is 37.3. The van der Waals surface area contributed by atoms with Crippen LogP contribution in [-0.2, 0) is 46.3 Å². The summed E-state index contributed by atoms with van der Waals surface area (Å²) in [5.74, 6) is -3.19. The lowest BCUT2D eigenvalue weighted by Crippen LogP contribution is -2.57. The van der Waals surface area contributed by atoms with E-state index in [0.717, 1.165) is 5.56 Å². The van der Waals surface area contributed by atoms with Gasteiger partial charge in [-0.15, -0.1) is 0 Å². The maximum Gasteiger partial charge on any atom is 0.408 e. The molecule has 0 radical (unpaired) electrons. The molecule has 0 aromatic heterocycles. The molecule has 0 aliphatic carbocycles. The fourth-order valence-corrected chi connectivity index (χ4v) is 5.02. The van der Waals surface area contributed by atoms with Crippen molar-refractivity contribution < 1.29 is 43.3 Å². The van der Waals surface area contributed by atoms with Crippen LogP contribution in [0.4, 0.5) is 4.79 Å². The molecule has 48 heavy (non-hydrogen) atoms. The van der Waals surface area contributed by atoms with E-state index in [1.54, 1.807) is 57.2 Å². The first-order valence-corrected chi connectivity index (χ1v) is 15.8. The Balaban J connectivity index is 1.80. The van der Waals surface area contributed by atoms with Gasteiger partial charge >= 0.3 is 12.1 Å². The Morgan fingerprint density at radius 1 is 0.917 bits per heavy atom. The number of rotatable bonds is 8. The van der Waals surface area contributed by atoms with Crippen LogP contribution in [0, 0.1) is 0 Å². The number of esters is 1. The van der Waals surface area contributed by atoms with Crippen molar-refractivity contribution in [2.24, 2.45) is 0 Å². The quantitative estimate of drug-likeness (QED) is 0.225. The summed E-state index contributed by atoms with van der Waals surface area (Å²) >= 11 is 0. The van der Waals surface area contributed by atoms with Crippen LogP contribution in [0.25, 0.3) is 0 Å². The van der Waals surface area contributed by atoms with Gasteiger partial charge in [-0.05, 0) is 56.9 Å². The van der Waals surface area contributed by atoms with E-state index in [2.05, 4.69) is 26.6 Å². The third-order valence-electron chi connectivity index (χ3n) is 7.41. The SMILES string of the molecule is COC(=O)[C@H]1CCCC[C@@H](NC(=O)[C@H](Cc2ccc(O)cc2)NC(=O)OC(C)(C)C)C(=O)NCC(=O)N[C@@H](Cc2ccccc2)C(=O)N1. The zero-order chi connectivity index (χ0) is 35.3. The Labute approximate surface area is 279 Å². The molecule has 1 fully saturated rings. The number of phenols is 1. The number of nitrogens with one attached hydrogen (secondary N) is 5. The first-order valence-electron chi connectivity index (χ1n) is 15.8. The Kier molecular flexibility index (Phi) is 13.8. The summed E-state index contributed by atoms with van der Waals surface area (Å²) in [6.07, 6.45) is 0.338. The minimum atomic E-state index is -1.16. The molecule has 1 heterocycles. The van der Waals surface area contributed by atoms with Crippen molar-refractivity contribution in [1.82, 2.24) is 26.6 Å². The molecule has 6 N–H and O–H groups in total. The highest BCUT2D eigenvalue weighted by Gasteiger charge is 2.31. The van der Waals surface area contributed by atoms with Crippen LogP contribution in [-0.4, -0.2) is 84.2 Å². The molecule has 3 rings (SSSR count). The van der Waals surface area contributed by atoms with Crippen LogP contribution in [0.15, 0.2) is 54.6 Å². The van der Waals surface area contributed by atoms with Crippen molar-refractivity contribution in [2.75, 3.05) is 13.7 Å². The summed E-state index contributed by atoms with van der Waals surface area (Å²) in [6.45, 7) is 4.54. The van der Waals surface area contributed by atoms with Crippen molar-refractivity contribution in [3.8, 4) is 5.75 Å². The largest absolute Gasteiger partial charge is 0.508 e. The van der Waals surface area contributed by atoms with E-state index in [0.29, 0.717) is 18.4 Å². The Morgan fingerprint density at radius 3 is 2.23 bits per heavy atom. The summed E-state index contributed by atoms with van der Waals surface area (Å²) in [7, 11) is 1.21. The summed E-state index contributed by atoms with van der Waals surface area (Å²) in [5.41, 5.74) is 0.552. The lowest BCUT2D eigenvalue weighted by atomic mass is 10.0. The monoisotopic (exact) mass is 667 g/mol. The molecule has 14 nitrogen and oxygen atoms in total. The van der Waals surface area contributed by atoms with Crippen molar-refractivity contribution in [1.29, 1.82) is 0 Å². The standard InChI is InChI=1S/C34H45N5O9/c1-34(2,3)48-33(46)39-27(19-22-14-16-23(40)17-15-22)31(44)37-24-12-8-9-13-25(32(45)47-4)38-30(43)26(18-21-10-6-5-7-11-21)36-28(41)20-35-29(24)42/h5-7,10-11,14-17,24-27,40H,8-9,12-13,18-20H2,1-4H3,(H,35,42)(H,36,41)(H,37,44)(H,38,43)(H,39,46)/t24-,25-,26+,27+/m1/s1. The van der Waals surface area contributed by atoms with E-state index < -0.39 is 72.0 Å². The van der Waals surface area contributed by atoms with Gasteiger partial charge in [-0.2, -0.15) is 0 Å². The number of methoxy groups -OCH3 is 1. The van der Waals surface area contributed by atoms with Crippen molar-refractivity contribution >= 4 is 35.7 Å². The Hall–Kier alpha value is -5.14. The molecule has 0 spiro atoms. The number of benzene rings is 2. The number of hydrogen-bond donors (Lipinski definition) is 6. The fraction of sp³-hybridized carbons (Fsp3) is 0.471. The number of carbonyl (C=O) groups excluding carboxylic acids is 6. The second kappa shape index (κ2) is 17.7. The first-order chi connectivity index (χ1) is 22.7. The maximum atomic E-state index is 13.6. The third kappa shape index (κ3) is 12.6. The number of carbonyl (C=O) groups is 6. The zero-order valence-electron chi connectivity index (χ0n) is 27.7. The van der Waals surface area contributed by atoms with Gasteiger partial charge in [0.25, 0.3) is 0 Å². The van der Waals surface area contributed by atoms with Gasteiger partial charge in [0, 0.05) is 12.8 Å². The molecule has 1 saturated heterocycles. The molecule has 0 saturated carbocycles. The second-order valence-corrected chi connectivity index (χ2v) is 12.5. The van der Waals surface area contributed by atoms with Crippen LogP contribution in [0.3, 0.4) is 0 Å². The van der Waals surface area contributed by atoms with E-state index in [1.807, 2.05) is 6.07 Å². The highest BCUT2D eigenvalue weighted by molar-refractivity contribution is 5.94. The average Bonchev–Trinajstić information content (AvgIpc) is 3.03. The molecule has 1 aliphatic heterocycles. The van der Waals surface area contributed by atoms with E-state index in [9.17, 15) is 33.9 Å². The van der Waals surface area contributed by atoms with Crippen LogP contribution in [0.1, 0.15) is 57.6 Å². The van der Waals surface area contributed by atoms with Crippen LogP contribution >= 0.6 is 0 Å². The number of ether oxygens (including phenoxy) is 2. The van der Waals surface area contributed by atoms with Crippen molar-refractivity contribution in [3.63, 3.8) is 0 Å². The number of phenolic OH excluding ortho intramolecular Hbond substituents is 1. The lowest BCUT2D eigenvalue weighted by molar-refractivity contribution is -0.145. The van der Waals surface area contributed by atoms with Gasteiger partial charge in [-0.25, -0.2) is 9.59 Å². The summed E-state index contributed by atoms with van der Waals surface area (Å²) in [4.78, 5) is 78.4. The fourth-order valence-electron chi connectivity index (χ4n) is 5.02. The highest BCUT2D eigenvalue weighted by atomic mass is 16.6. The number of aromatic hydroxyl groups is 1. The molecule has 5 amide bonds. The molecule has 260 valence electrons. The molecule has 1 aliphatic rings. The molecular formula is C34H45N5O9. The molecule has 2 aromatic carbocycles. The van der Waals surface area contributed by atoms with E-state index in [4.69, 9.17) is 9.47 Å². The summed E-state index contributed by atoms with van der Waals surface area (Å²) in [6, 6.07) is 10.8. The Bertz CT molecular complexity index is 1430. The zero-order valence-corrected chi connectivity index (χ0v) is 27.7. The third-order valence-corrected chi connectivity index (χ3v) is 7.41. The second-order valence-electron chi connectivity index (χ2n) is 12.5. The van der Waals surface area contributed by atoms with Crippen molar-refractivity contribution in [2.45, 2.75) is 89.1 Å². The van der Waals surface area contributed by atoms with Gasteiger partial charge in [-0.3, -0.25) is 19.2 Å².